The van der Waals surface area contributed by atoms with E-state index in [9.17, 15) is 4.79 Å². The van der Waals surface area contributed by atoms with E-state index in [-0.39, 0.29) is 12.1 Å². The van der Waals surface area contributed by atoms with Gasteiger partial charge in [-0.25, -0.2) is 9.48 Å². The van der Waals surface area contributed by atoms with Crippen LogP contribution in [-0.4, -0.2) is 47.0 Å². The summed E-state index contributed by atoms with van der Waals surface area (Å²) in [6, 6.07) is 2.38. The van der Waals surface area contributed by atoms with Gasteiger partial charge in [-0.1, -0.05) is 12.8 Å². The van der Waals surface area contributed by atoms with Crippen molar-refractivity contribution in [2.45, 2.75) is 57.6 Å². The van der Waals surface area contributed by atoms with Crippen LogP contribution in [0.2, 0.25) is 0 Å². The average Bonchev–Trinajstić information content (AvgIpc) is 3.17. The number of likely N-dealkylation sites (tertiary alicyclic amines) is 1. The Hall–Kier alpha value is -1.56. The monoisotopic (exact) mass is 306 g/mol. The fourth-order valence-electron chi connectivity index (χ4n) is 3.52. The van der Waals surface area contributed by atoms with Crippen LogP contribution >= 0.6 is 0 Å². The summed E-state index contributed by atoms with van der Waals surface area (Å²) >= 11 is 0. The number of nitrogens with one attached hydrogen (secondary N) is 1. The molecule has 0 radical (unpaired) electrons. The van der Waals surface area contributed by atoms with Gasteiger partial charge in [-0.2, -0.15) is 5.10 Å². The summed E-state index contributed by atoms with van der Waals surface area (Å²) in [6.45, 7) is 3.48. The minimum absolute atomic E-state index is 0.0197. The van der Waals surface area contributed by atoms with Gasteiger partial charge >= 0.3 is 6.03 Å². The fourth-order valence-corrected chi connectivity index (χ4v) is 3.52. The molecule has 22 heavy (non-hydrogen) atoms. The van der Waals surface area contributed by atoms with Gasteiger partial charge in [0.05, 0.1) is 17.8 Å². The van der Waals surface area contributed by atoms with E-state index in [1.807, 2.05) is 22.6 Å². The maximum absolute atomic E-state index is 12.5. The number of hydrogen-bond donors (Lipinski definition) is 1. The molecule has 0 aromatic carbocycles. The van der Waals surface area contributed by atoms with Gasteiger partial charge in [0, 0.05) is 26.3 Å². The number of urea groups is 1. The first-order valence-electron chi connectivity index (χ1n) is 8.32. The minimum Gasteiger partial charge on any atom is -0.381 e. The lowest BCUT2D eigenvalue weighted by Crippen LogP contribution is -2.43. The summed E-state index contributed by atoms with van der Waals surface area (Å²) in [5, 5.41) is 7.64. The smallest absolute Gasteiger partial charge is 0.323 e. The van der Waals surface area contributed by atoms with Crippen LogP contribution in [0.3, 0.4) is 0 Å². The molecular formula is C16H26N4O2. The third-order valence-electron chi connectivity index (χ3n) is 4.83. The molecule has 2 fully saturated rings. The highest BCUT2D eigenvalue weighted by Crippen LogP contribution is 2.32. The molecule has 1 aromatic rings. The predicted octanol–water partition coefficient (Wildman–Crippen LogP) is 2.95. The number of rotatable bonds is 3. The van der Waals surface area contributed by atoms with Gasteiger partial charge < -0.3 is 9.64 Å². The van der Waals surface area contributed by atoms with Crippen molar-refractivity contribution in [3.8, 4) is 0 Å². The van der Waals surface area contributed by atoms with Crippen molar-refractivity contribution in [3.05, 3.63) is 11.8 Å². The zero-order valence-corrected chi connectivity index (χ0v) is 13.5. The standard InChI is InChI=1S/C16H26N4O2/c1-12-11-15(20(18-12)13-5-3-4-6-13)17-16(21)19-9-7-14(22-2)8-10-19/h11,13-14H,3-10H2,1-2H3,(H,17,21). The van der Waals surface area contributed by atoms with Crippen molar-refractivity contribution in [1.82, 2.24) is 14.7 Å². The Morgan fingerprint density at radius 3 is 2.59 bits per heavy atom. The molecule has 1 saturated heterocycles. The highest BCUT2D eigenvalue weighted by molar-refractivity contribution is 5.88. The summed E-state index contributed by atoms with van der Waals surface area (Å²) in [7, 11) is 1.74. The number of carbonyl (C=O) groups excluding carboxylic acids is 1. The molecule has 0 spiro atoms. The van der Waals surface area contributed by atoms with Crippen LogP contribution in [0, 0.1) is 6.92 Å². The van der Waals surface area contributed by atoms with E-state index in [0.717, 1.165) is 50.3 Å². The number of hydrogen-bond acceptors (Lipinski definition) is 3. The molecule has 1 saturated carbocycles. The number of aryl methyl sites for hydroxylation is 1. The summed E-state index contributed by atoms with van der Waals surface area (Å²) in [6.07, 6.45) is 6.92. The highest BCUT2D eigenvalue weighted by atomic mass is 16.5. The van der Waals surface area contributed by atoms with Crippen molar-refractivity contribution < 1.29 is 9.53 Å². The second kappa shape index (κ2) is 6.69. The van der Waals surface area contributed by atoms with Gasteiger partial charge in [-0.3, -0.25) is 5.32 Å². The van der Waals surface area contributed by atoms with Crippen molar-refractivity contribution in [2.24, 2.45) is 0 Å². The quantitative estimate of drug-likeness (QED) is 0.934. The van der Waals surface area contributed by atoms with Crippen LogP contribution in [-0.2, 0) is 4.74 Å². The third-order valence-corrected chi connectivity index (χ3v) is 4.83. The molecule has 122 valence electrons. The van der Waals surface area contributed by atoms with Crippen molar-refractivity contribution in [1.29, 1.82) is 0 Å². The molecule has 0 bridgehead atoms. The maximum atomic E-state index is 12.5. The topological polar surface area (TPSA) is 59.4 Å². The number of aromatic nitrogens is 2. The van der Waals surface area contributed by atoms with E-state index in [2.05, 4.69) is 10.4 Å². The summed E-state index contributed by atoms with van der Waals surface area (Å²) in [5.41, 5.74) is 0.959. The zero-order chi connectivity index (χ0) is 15.5. The lowest BCUT2D eigenvalue weighted by atomic mass is 10.1. The Kier molecular flexibility index (Phi) is 4.66. The van der Waals surface area contributed by atoms with Crippen molar-refractivity contribution in [2.75, 3.05) is 25.5 Å². The molecular weight excluding hydrogens is 280 g/mol. The predicted molar refractivity (Wildman–Crippen MR) is 85.1 cm³/mol. The minimum atomic E-state index is -0.0197. The zero-order valence-electron chi connectivity index (χ0n) is 13.5. The number of nitrogens with zero attached hydrogens (tertiary/aromatic N) is 3. The van der Waals surface area contributed by atoms with Gasteiger partial charge in [-0.05, 0) is 32.6 Å². The first kappa shape index (κ1) is 15.3. The van der Waals surface area contributed by atoms with Crippen molar-refractivity contribution in [3.63, 3.8) is 0 Å². The average molecular weight is 306 g/mol. The van der Waals surface area contributed by atoms with Crippen LogP contribution in [0.1, 0.15) is 50.3 Å². The van der Waals surface area contributed by atoms with Gasteiger partial charge in [0.1, 0.15) is 5.82 Å². The Bertz CT molecular complexity index is 514. The lowest BCUT2D eigenvalue weighted by Gasteiger charge is -2.31. The summed E-state index contributed by atoms with van der Waals surface area (Å²) in [4.78, 5) is 14.3. The Morgan fingerprint density at radius 1 is 1.27 bits per heavy atom. The fraction of sp³-hybridized carbons (Fsp3) is 0.750. The molecule has 0 atom stereocenters. The number of ether oxygens (including phenoxy) is 1. The Labute approximate surface area is 131 Å². The second-order valence-electron chi connectivity index (χ2n) is 6.41. The van der Waals surface area contributed by atoms with E-state index in [0.29, 0.717) is 6.04 Å². The molecule has 3 rings (SSSR count). The molecule has 2 aliphatic rings. The van der Waals surface area contributed by atoms with E-state index in [1.54, 1.807) is 7.11 Å². The van der Waals surface area contributed by atoms with Crippen molar-refractivity contribution >= 4 is 11.8 Å². The third kappa shape index (κ3) is 3.27. The molecule has 2 heterocycles. The van der Waals surface area contributed by atoms with Crippen LogP contribution in [0.25, 0.3) is 0 Å². The Balaban J connectivity index is 1.64. The van der Waals surface area contributed by atoms with Crippen LogP contribution in [0.5, 0.6) is 0 Å². The van der Waals surface area contributed by atoms with Crippen LogP contribution < -0.4 is 5.32 Å². The largest absolute Gasteiger partial charge is 0.381 e. The summed E-state index contributed by atoms with van der Waals surface area (Å²) < 4.78 is 7.37. The number of anilines is 1. The number of methoxy groups -OCH3 is 1. The molecule has 6 heteroatoms. The number of carbonyl (C=O) groups is 1. The molecule has 1 aliphatic carbocycles. The molecule has 6 nitrogen and oxygen atoms in total. The van der Waals surface area contributed by atoms with E-state index in [1.165, 1.54) is 12.8 Å². The second-order valence-corrected chi connectivity index (χ2v) is 6.41. The number of amides is 2. The Morgan fingerprint density at radius 2 is 1.95 bits per heavy atom. The van der Waals surface area contributed by atoms with Crippen LogP contribution in [0.15, 0.2) is 6.07 Å². The van der Waals surface area contributed by atoms with Gasteiger partial charge in [0.15, 0.2) is 0 Å². The molecule has 1 aromatic heterocycles. The normalized spacial score (nSPS) is 20.5. The molecule has 1 aliphatic heterocycles. The summed E-state index contributed by atoms with van der Waals surface area (Å²) in [5.74, 6) is 0.836. The van der Waals surface area contributed by atoms with E-state index >= 15 is 0 Å². The maximum Gasteiger partial charge on any atom is 0.323 e. The SMILES string of the molecule is COC1CCN(C(=O)Nc2cc(C)nn2C2CCCC2)CC1. The number of piperidine rings is 1. The van der Waals surface area contributed by atoms with Gasteiger partial charge in [-0.15, -0.1) is 0 Å². The first-order chi connectivity index (χ1) is 10.7. The van der Waals surface area contributed by atoms with Gasteiger partial charge in [0.25, 0.3) is 0 Å². The van der Waals surface area contributed by atoms with E-state index in [4.69, 9.17) is 4.74 Å². The molecule has 1 N–H and O–H groups in total. The van der Waals surface area contributed by atoms with Crippen LogP contribution in [0.4, 0.5) is 10.6 Å². The van der Waals surface area contributed by atoms with E-state index < -0.39 is 0 Å². The highest BCUT2D eigenvalue weighted by Gasteiger charge is 2.25. The molecule has 2 amide bonds. The first-order valence-corrected chi connectivity index (χ1v) is 8.32. The van der Waals surface area contributed by atoms with Gasteiger partial charge in [0.2, 0.25) is 0 Å². The molecule has 0 unspecified atom stereocenters. The lowest BCUT2D eigenvalue weighted by molar-refractivity contribution is 0.0521.